The third-order valence-electron chi connectivity index (χ3n) is 2.54. The van der Waals surface area contributed by atoms with Gasteiger partial charge in [-0.3, -0.25) is 0 Å². The standard InChI is InChI=1S/C12H13ClN2O3S/c1-18-11-8-12(19(16,17)14-7-6-13)15-10-5-3-2-4-9(10)11/h2-5,8,14H,6-7H2,1H3. The topological polar surface area (TPSA) is 68.3 Å². The fraction of sp³-hybridized carbons (Fsp3) is 0.250. The van der Waals surface area contributed by atoms with Crippen molar-refractivity contribution in [3.05, 3.63) is 30.3 Å². The Kier molecular flexibility index (Phi) is 4.24. The van der Waals surface area contributed by atoms with Crippen LogP contribution < -0.4 is 9.46 Å². The van der Waals surface area contributed by atoms with Gasteiger partial charge in [-0.05, 0) is 12.1 Å². The Bertz CT molecular complexity index is 688. The molecule has 102 valence electrons. The molecule has 1 aromatic carbocycles. The number of sulfonamides is 1. The van der Waals surface area contributed by atoms with E-state index in [-0.39, 0.29) is 17.5 Å². The molecule has 0 saturated carbocycles. The molecule has 2 aromatic rings. The van der Waals surface area contributed by atoms with Crippen molar-refractivity contribution >= 4 is 32.5 Å². The van der Waals surface area contributed by atoms with E-state index in [9.17, 15) is 8.42 Å². The van der Waals surface area contributed by atoms with Crippen LogP contribution >= 0.6 is 11.6 Å². The summed E-state index contributed by atoms with van der Waals surface area (Å²) >= 11 is 5.48. The largest absolute Gasteiger partial charge is 0.496 e. The molecule has 0 aliphatic rings. The normalized spacial score (nSPS) is 11.7. The average molecular weight is 301 g/mol. The zero-order chi connectivity index (χ0) is 13.9. The smallest absolute Gasteiger partial charge is 0.258 e. The van der Waals surface area contributed by atoms with Gasteiger partial charge in [0.25, 0.3) is 10.0 Å². The lowest BCUT2D eigenvalue weighted by molar-refractivity contribution is 0.417. The molecule has 0 fully saturated rings. The van der Waals surface area contributed by atoms with Crippen LogP contribution in [0.1, 0.15) is 0 Å². The number of aromatic nitrogens is 1. The van der Waals surface area contributed by atoms with Crippen LogP contribution in [0, 0.1) is 0 Å². The molecule has 0 saturated heterocycles. The molecule has 0 atom stereocenters. The Morgan fingerprint density at radius 3 is 2.79 bits per heavy atom. The zero-order valence-corrected chi connectivity index (χ0v) is 11.8. The van der Waals surface area contributed by atoms with Gasteiger partial charge in [-0.2, -0.15) is 0 Å². The number of nitrogens with one attached hydrogen (secondary N) is 1. The van der Waals surface area contributed by atoms with E-state index >= 15 is 0 Å². The van der Waals surface area contributed by atoms with E-state index < -0.39 is 10.0 Å². The second-order valence-electron chi connectivity index (χ2n) is 3.77. The maximum atomic E-state index is 12.0. The maximum Gasteiger partial charge on any atom is 0.258 e. The first-order valence-corrected chi connectivity index (χ1v) is 7.59. The van der Waals surface area contributed by atoms with Crippen molar-refractivity contribution in [3.8, 4) is 5.75 Å². The number of hydrogen-bond acceptors (Lipinski definition) is 4. The van der Waals surface area contributed by atoms with E-state index in [0.717, 1.165) is 5.39 Å². The van der Waals surface area contributed by atoms with Crippen molar-refractivity contribution in [2.24, 2.45) is 0 Å². The third kappa shape index (κ3) is 2.97. The Morgan fingerprint density at radius 1 is 1.37 bits per heavy atom. The van der Waals surface area contributed by atoms with Crippen molar-refractivity contribution in [2.45, 2.75) is 5.03 Å². The number of halogens is 1. The maximum absolute atomic E-state index is 12.0. The van der Waals surface area contributed by atoms with Gasteiger partial charge in [0, 0.05) is 23.9 Å². The molecule has 1 heterocycles. The van der Waals surface area contributed by atoms with Gasteiger partial charge in [0.1, 0.15) is 5.75 Å². The van der Waals surface area contributed by atoms with Gasteiger partial charge in [0.2, 0.25) is 0 Å². The van der Waals surface area contributed by atoms with Gasteiger partial charge in [-0.25, -0.2) is 18.1 Å². The summed E-state index contributed by atoms with van der Waals surface area (Å²) in [5.74, 6) is 0.668. The molecule has 0 bridgehead atoms. The fourth-order valence-corrected chi connectivity index (χ4v) is 2.88. The number of para-hydroxylation sites is 1. The van der Waals surface area contributed by atoms with Crippen molar-refractivity contribution in [1.29, 1.82) is 0 Å². The summed E-state index contributed by atoms with van der Waals surface area (Å²) in [6, 6.07) is 8.59. The molecule has 2 rings (SSSR count). The van der Waals surface area contributed by atoms with Gasteiger partial charge in [0.05, 0.1) is 12.6 Å². The lowest BCUT2D eigenvalue weighted by atomic mass is 10.2. The highest BCUT2D eigenvalue weighted by Crippen LogP contribution is 2.26. The summed E-state index contributed by atoms with van der Waals surface area (Å²) in [5.41, 5.74) is 0.563. The lowest BCUT2D eigenvalue weighted by Crippen LogP contribution is -2.26. The summed E-state index contributed by atoms with van der Waals surface area (Å²) in [6.07, 6.45) is 0. The Morgan fingerprint density at radius 2 is 2.11 bits per heavy atom. The van der Waals surface area contributed by atoms with Gasteiger partial charge < -0.3 is 4.74 Å². The number of pyridine rings is 1. The Hall–Kier alpha value is -1.37. The van der Waals surface area contributed by atoms with Crippen LogP contribution in [-0.4, -0.2) is 32.9 Å². The minimum atomic E-state index is -3.67. The number of rotatable bonds is 5. The minimum absolute atomic E-state index is 0.0758. The number of methoxy groups -OCH3 is 1. The zero-order valence-electron chi connectivity index (χ0n) is 10.3. The van der Waals surface area contributed by atoms with E-state index in [0.29, 0.717) is 11.3 Å². The van der Waals surface area contributed by atoms with Crippen molar-refractivity contribution in [3.63, 3.8) is 0 Å². The van der Waals surface area contributed by atoms with Gasteiger partial charge >= 0.3 is 0 Å². The molecule has 1 N–H and O–H groups in total. The third-order valence-corrected chi connectivity index (χ3v) is 4.07. The van der Waals surface area contributed by atoms with Crippen molar-refractivity contribution in [2.75, 3.05) is 19.5 Å². The highest BCUT2D eigenvalue weighted by molar-refractivity contribution is 7.89. The molecule has 0 unspecified atom stereocenters. The number of nitrogens with zero attached hydrogens (tertiary/aromatic N) is 1. The average Bonchev–Trinajstić information content (AvgIpc) is 2.44. The number of fused-ring (bicyclic) bond motifs is 1. The highest BCUT2D eigenvalue weighted by atomic mass is 35.5. The van der Waals surface area contributed by atoms with Crippen molar-refractivity contribution < 1.29 is 13.2 Å². The minimum Gasteiger partial charge on any atom is -0.496 e. The van der Waals surface area contributed by atoms with E-state index in [2.05, 4.69) is 9.71 Å². The molecule has 0 aliphatic carbocycles. The summed E-state index contributed by atoms with van der Waals surface area (Å²) in [7, 11) is -2.18. The first-order chi connectivity index (χ1) is 9.08. The molecule has 0 spiro atoms. The van der Waals surface area contributed by atoms with Crippen LogP contribution in [0.3, 0.4) is 0 Å². The summed E-state index contributed by atoms with van der Waals surface area (Å²) in [4.78, 5) is 4.13. The van der Waals surface area contributed by atoms with E-state index in [1.54, 1.807) is 12.1 Å². The van der Waals surface area contributed by atoms with Crippen LogP contribution in [-0.2, 0) is 10.0 Å². The fourth-order valence-electron chi connectivity index (χ4n) is 1.67. The number of alkyl halides is 1. The number of benzene rings is 1. The first-order valence-electron chi connectivity index (χ1n) is 5.58. The van der Waals surface area contributed by atoms with E-state index in [1.807, 2.05) is 12.1 Å². The predicted molar refractivity (Wildman–Crippen MR) is 74.2 cm³/mol. The van der Waals surface area contributed by atoms with E-state index in [4.69, 9.17) is 16.3 Å². The van der Waals surface area contributed by atoms with Crippen LogP contribution in [0.4, 0.5) is 0 Å². The lowest BCUT2D eigenvalue weighted by Gasteiger charge is -2.09. The van der Waals surface area contributed by atoms with Gasteiger partial charge in [-0.15, -0.1) is 11.6 Å². The highest BCUT2D eigenvalue weighted by Gasteiger charge is 2.18. The predicted octanol–water partition coefficient (Wildman–Crippen LogP) is 1.76. The second-order valence-corrected chi connectivity index (χ2v) is 5.86. The van der Waals surface area contributed by atoms with Crippen LogP contribution in [0.15, 0.2) is 35.4 Å². The number of ether oxygens (including phenoxy) is 1. The molecular weight excluding hydrogens is 288 g/mol. The SMILES string of the molecule is COc1cc(S(=O)(=O)NCCCl)nc2ccccc12. The monoisotopic (exact) mass is 300 g/mol. The molecular formula is C12H13ClN2O3S. The van der Waals surface area contributed by atoms with Gasteiger partial charge in [-0.1, -0.05) is 12.1 Å². The molecule has 0 radical (unpaired) electrons. The van der Waals surface area contributed by atoms with Gasteiger partial charge in [0.15, 0.2) is 5.03 Å². The Balaban J connectivity index is 2.56. The van der Waals surface area contributed by atoms with Crippen LogP contribution in [0.5, 0.6) is 5.75 Å². The summed E-state index contributed by atoms with van der Waals surface area (Å²) in [5, 5.41) is 0.689. The molecule has 0 amide bonds. The summed E-state index contributed by atoms with van der Waals surface area (Å²) < 4.78 is 31.6. The molecule has 5 nitrogen and oxygen atoms in total. The first kappa shape index (κ1) is 14.0. The van der Waals surface area contributed by atoms with Crippen LogP contribution in [0.25, 0.3) is 10.9 Å². The molecule has 7 heteroatoms. The molecule has 1 aromatic heterocycles. The summed E-state index contributed by atoms with van der Waals surface area (Å²) in [6.45, 7) is 0.153. The quantitative estimate of drug-likeness (QED) is 0.854. The number of hydrogen-bond donors (Lipinski definition) is 1. The second kappa shape index (κ2) is 5.73. The Labute approximate surface area is 116 Å². The molecule has 0 aliphatic heterocycles. The van der Waals surface area contributed by atoms with E-state index in [1.165, 1.54) is 13.2 Å². The van der Waals surface area contributed by atoms with Crippen molar-refractivity contribution in [1.82, 2.24) is 9.71 Å². The van der Waals surface area contributed by atoms with Crippen LogP contribution in [0.2, 0.25) is 0 Å². The molecule has 19 heavy (non-hydrogen) atoms.